The van der Waals surface area contributed by atoms with Gasteiger partial charge < -0.3 is 19.5 Å². The van der Waals surface area contributed by atoms with Crippen molar-refractivity contribution in [2.75, 3.05) is 31.6 Å². The number of hydrogen-bond donors (Lipinski definition) is 1. The number of nitrogens with zero attached hydrogens (tertiary/aromatic N) is 4. The average molecular weight is 462 g/mol. The predicted octanol–water partition coefficient (Wildman–Crippen LogP) is 4.23. The maximum absolute atomic E-state index is 12.8. The largest absolute Gasteiger partial charge is 0.382 e. The third-order valence-corrected chi connectivity index (χ3v) is 7.28. The van der Waals surface area contributed by atoms with Crippen LogP contribution in [0.25, 0.3) is 11.2 Å². The van der Waals surface area contributed by atoms with Gasteiger partial charge in [-0.25, -0.2) is 9.97 Å². The molecule has 0 unspecified atom stereocenters. The number of carbonyl (C=O) groups excluding carboxylic acids is 1. The fraction of sp³-hybridized carbons (Fsp3) is 0.519. The molecule has 3 heterocycles. The molecule has 3 aromatic rings. The molecule has 0 radical (unpaired) electrons. The quantitative estimate of drug-likeness (QED) is 0.616. The summed E-state index contributed by atoms with van der Waals surface area (Å²) in [5.74, 6) is 1.49. The Morgan fingerprint density at radius 2 is 1.74 bits per heavy atom. The number of imidazole rings is 1. The molecular weight excluding hydrogens is 426 g/mol. The first-order valence-corrected chi connectivity index (χ1v) is 12.5. The molecule has 34 heavy (non-hydrogen) atoms. The molecule has 0 atom stereocenters. The highest BCUT2D eigenvalue weighted by Gasteiger charge is 2.30. The van der Waals surface area contributed by atoms with Gasteiger partial charge in [0.2, 0.25) is 5.91 Å². The van der Waals surface area contributed by atoms with Crippen molar-refractivity contribution in [3.8, 4) is 0 Å². The second kappa shape index (κ2) is 9.74. The summed E-state index contributed by atoms with van der Waals surface area (Å²) < 4.78 is 7.58. The van der Waals surface area contributed by atoms with Crippen LogP contribution >= 0.6 is 0 Å². The molecule has 2 aromatic heterocycles. The summed E-state index contributed by atoms with van der Waals surface area (Å²) in [6, 6.07) is 11.2. The Bertz CT molecular complexity index is 1160. The van der Waals surface area contributed by atoms with Gasteiger partial charge in [0.25, 0.3) is 0 Å². The van der Waals surface area contributed by atoms with E-state index in [1.54, 1.807) is 0 Å². The zero-order chi connectivity index (χ0) is 23.7. The van der Waals surface area contributed by atoms with Crippen LogP contribution in [0, 0.1) is 26.7 Å². The van der Waals surface area contributed by atoms with E-state index in [0.29, 0.717) is 25.2 Å². The van der Waals surface area contributed by atoms with Crippen LogP contribution in [0.4, 0.5) is 5.69 Å². The van der Waals surface area contributed by atoms with Crippen molar-refractivity contribution in [3.63, 3.8) is 0 Å². The minimum absolute atomic E-state index is 0.174. The number of carbonyl (C=O) groups is 1. The smallest absolute Gasteiger partial charge is 0.225 e. The summed E-state index contributed by atoms with van der Waals surface area (Å²) in [5, 5.41) is 3.69. The van der Waals surface area contributed by atoms with Gasteiger partial charge >= 0.3 is 0 Å². The molecule has 1 aromatic carbocycles. The number of amides is 1. The first kappa shape index (κ1) is 22.8. The number of aromatic nitrogens is 3. The molecule has 7 heteroatoms. The minimum Gasteiger partial charge on any atom is -0.382 e. The number of anilines is 1. The number of pyridine rings is 1. The average Bonchev–Trinajstić information content (AvgIpc) is 3.16. The molecule has 5 rings (SSSR count). The molecule has 0 spiro atoms. The van der Waals surface area contributed by atoms with Gasteiger partial charge in [0.05, 0.1) is 19.8 Å². The SMILES string of the molecule is Cc1cc(C)c2nc(C)n(Cc3ccc(N[C@H]4CC[C@@H](C(=O)N5CCOCC5)CC4)cc3)c2n1. The summed E-state index contributed by atoms with van der Waals surface area (Å²) >= 11 is 0. The number of hydrogen-bond acceptors (Lipinski definition) is 5. The molecule has 7 nitrogen and oxygen atoms in total. The summed E-state index contributed by atoms with van der Waals surface area (Å²) in [4.78, 5) is 24.3. The number of rotatable bonds is 5. The Balaban J connectivity index is 1.18. The molecule has 180 valence electrons. The van der Waals surface area contributed by atoms with E-state index in [9.17, 15) is 4.79 Å². The van der Waals surface area contributed by atoms with E-state index in [1.165, 1.54) is 11.1 Å². The Morgan fingerprint density at radius 1 is 1.03 bits per heavy atom. The van der Waals surface area contributed by atoms with Crippen molar-refractivity contribution >= 4 is 22.8 Å². The van der Waals surface area contributed by atoms with Crippen molar-refractivity contribution in [2.24, 2.45) is 5.92 Å². The molecule has 1 saturated carbocycles. The standard InChI is InChI=1S/C27H35N5O2/c1-18-16-19(2)28-26-25(18)29-20(3)32(26)17-21-4-8-23(9-5-21)30-24-10-6-22(7-11-24)27(33)31-12-14-34-15-13-31/h4-5,8-9,16,22,24,30H,6-7,10-15,17H2,1-3H3/t22-,24+. The second-order valence-electron chi connectivity index (χ2n) is 9.83. The molecule has 1 saturated heterocycles. The third kappa shape index (κ3) is 4.80. The molecule has 1 aliphatic carbocycles. The lowest BCUT2D eigenvalue weighted by Gasteiger charge is -2.34. The summed E-state index contributed by atoms with van der Waals surface area (Å²) in [6.07, 6.45) is 4.00. The molecular formula is C27H35N5O2. The monoisotopic (exact) mass is 461 g/mol. The van der Waals surface area contributed by atoms with E-state index in [1.807, 2.05) is 18.7 Å². The number of nitrogens with one attached hydrogen (secondary N) is 1. The van der Waals surface area contributed by atoms with Crippen molar-refractivity contribution in [2.45, 2.75) is 59.0 Å². The van der Waals surface area contributed by atoms with Crippen LogP contribution in [0.2, 0.25) is 0 Å². The summed E-state index contributed by atoms with van der Waals surface area (Å²) in [7, 11) is 0. The molecule has 2 fully saturated rings. The van der Waals surface area contributed by atoms with Gasteiger partial charge in [-0.2, -0.15) is 0 Å². The van der Waals surface area contributed by atoms with Crippen LogP contribution in [0.15, 0.2) is 30.3 Å². The van der Waals surface area contributed by atoms with Crippen molar-refractivity contribution < 1.29 is 9.53 Å². The lowest BCUT2D eigenvalue weighted by Crippen LogP contribution is -2.45. The lowest BCUT2D eigenvalue weighted by molar-refractivity contribution is -0.140. The van der Waals surface area contributed by atoms with E-state index in [2.05, 4.69) is 47.1 Å². The Kier molecular flexibility index (Phi) is 6.55. The van der Waals surface area contributed by atoms with Crippen molar-refractivity contribution in [1.29, 1.82) is 0 Å². The number of aryl methyl sites for hydroxylation is 3. The van der Waals surface area contributed by atoms with Crippen LogP contribution in [-0.2, 0) is 16.1 Å². The van der Waals surface area contributed by atoms with Crippen LogP contribution in [-0.4, -0.2) is 57.7 Å². The first-order valence-electron chi connectivity index (χ1n) is 12.5. The number of fused-ring (bicyclic) bond motifs is 1. The van der Waals surface area contributed by atoms with Gasteiger partial charge in [0.1, 0.15) is 11.3 Å². The normalized spacial score (nSPS) is 21.1. The van der Waals surface area contributed by atoms with Gasteiger partial charge in [0, 0.05) is 36.4 Å². The molecule has 1 N–H and O–H groups in total. The van der Waals surface area contributed by atoms with Gasteiger partial charge in [-0.1, -0.05) is 12.1 Å². The van der Waals surface area contributed by atoms with Crippen LogP contribution in [0.5, 0.6) is 0 Å². The van der Waals surface area contributed by atoms with E-state index >= 15 is 0 Å². The predicted molar refractivity (Wildman–Crippen MR) is 134 cm³/mol. The first-order chi connectivity index (χ1) is 16.5. The zero-order valence-electron chi connectivity index (χ0n) is 20.5. The summed E-state index contributed by atoms with van der Waals surface area (Å²) in [6.45, 7) is 9.77. The van der Waals surface area contributed by atoms with Crippen LogP contribution in [0.1, 0.15) is 48.3 Å². The van der Waals surface area contributed by atoms with Crippen molar-refractivity contribution in [1.82, 2.24) is 19.4 Å². The minimum atomic E-state index is 0.174. The highest BCUT2D eigenvalue weighted by molar-refractivity contribution is 5.79. The maximum Gasteiger partial charge on any atom is 0.225 e. The van der Waals surface area contributed by atoms with Gasteiger partial charge in [-0.05, 0) is 75.8 Å². The van der Waals surface area contributed by atoms with Gasteiger partial charge in [-0.3, -0.25) is 4.79 Å². The van der Waals surface area contributed by atoms with Gasteiger partial charge in [0.15, 0.2) is 5.65 Å². The lowest BCUT2D eigenvalue weighted by atomic mass is 9.85. The van der Waals surface area contributed by atoms with E-state index in [4.69, 9.17) is 14.7 Å². The molecule has 1 aliphatic heterocycles. The van der Waals surface area contributed by atoms with Crippen molar-refractivity contribution in [3.05, 3.63) is 53.0 Å². The molecule has 2 aliphatic rings. The van der Waals surface area contributed by atoms with Gasteiger partial charge in [-0.15, -0.1) is 0 Å². The van der Waals surface area contributed by atoms with E-state index in [0.717, 1.165) is 73.7 Å². The number of ether oxygens (including phenoxy) is 1. The fourth-order valence-corrected chi connectivity index (χ4v) is 5.35. The Morgan fingerprint density at radius 3 is 2.44 bits per heavy atom. The third-order valence-electron chi connectivity index (χ3n) is 7.28. The Labute approximate surface area is 201 Å². The highest BCUT2D eigenvalue weighted by Crippen LogP contribution is 2.29. The fourth-order valence-electron chi connectivity index (χ4n) is 5.35. The molecule has 0 bridgehead atoms. The second-order valence-corrected chi connectivity index (χ2v) is 9.83. The topological polar surface area (TPSA) is 72.3 Å². The maximum atomic E-state index is 12.8. The highest BCUT2D eigenvalue weighted by atomic mass is 16.5. The summed E-state index contributed by atoms with van der Waals surface area (Å²) in [5.41, 5.74) is 6.51. The van der Waals surface area contributed by atoms with E-state index in [-0.39, 0.29) is 5.92 Å². The number of morpholine rings is 1. The van der Waals surface area contributed by atoms with Crippen LogP contribution < -0.4 is 5.32 Å². The van der Waals surface area contributed by atoms with E-state index < -0.39 is 0 Å². The zero-order valence-corrected chi connectivity index (χ0v) is 20.5. The number of benzene rings is 1. The molecule has 1 amide bonds. The van der Waals surface area contributed by atoms with Crippen LogP contribution in [0.3, 0.4) is 0 Å². The Hall–Kier alpha value is -2.93.